The molecule has 1 nitrogen and oxygen atoms in total. The van der Waals surface area contributed by atoms with Crippen LogP contribution in [0.5, 0.6) is 0 Å². The number of hydrogen-bond donors (Lipinski definition) is 0. The maximum atomic E-state index is 2.74. The van der Waals surface area contributed by atoms with Crippen LogP contribution in [0.1, 0.15) is 73.3 Å². The molecule has 1 heterocycles. The maximum Gasteiger partial charge on any atom is 0.0161 e. The van der Waals surface area contributed by atoms with E-state index in [1.165, 1.54) is 37.9 Å². The van der Waals surface area contributed by atoms with E-state index in [2.05, 4.69) is 83.7 Å². The van der Waals surface area contributed by atoms with Gasteiger partial charge in [0, 0.05) is 5.54 Å². The Morgan fingerprint density at radius 3 is 1.87 bits per heavy atom. The molecule has 23 heavy (non-hydrogen) atoms. The van der Waals surface area contributed by atoms with E-state index in [0.717, 1.165) is 5.92 Å². The summed E-state index contributed by atoms with van der Waals surface area (Å²) < 4.78 is 0. The fourth-order valence-electron chi connectivity index (χ4n) is 4.54. The molecule has 0 amide bonds. The van der Waals surface area contributed by atoms with Crippen molar-refractivity contribution < 1.29 is 0 Å². The molecule has 0 aliphatic carbocycles. The van der Waals surface area contributed by atoms with Crippen molar-refractivity contribution in [3.63, 3.8) is 0 Å². The van der Waals surface area contributed by atoms with Gasteiger partial charge in [0.05, 0.1) is 0 Å². The van der Waals surface area contributed by atoms with Gasteiger partial charge >= 0.3 is 0 Å². The normalized spacial score (nSPS) is 19.1. The number of piperidine rings is 1. The third kappa shape index (κ3) is 4.59. The van der Waals surface area contributed by atoms with Crippen molar-refractivity contribution in [1.29, 1.82) is 0 Å². The minimum absolute atomic E-state index is 0.214. The second-order valence-electron chi connectivity index (χ2n) is 9.87. The van der Waals surface area contributed by atoms with Crippen LogP contribution in [0.4, 0.5) is 0 Å². The highest BCUT2D eigenvalue weighted by Crippen LogP contribution is 2.39. The van der Waals surface area contributed by atoms with Gasteiger partial charge in [-0.3, -0.25) is 4.90 Å². The van der Waals surface area contributed by atoms with E-state index in [9.17, 15) is 0 Å². The van der Waals surface area contributed by atoms with Crippen LogP contribution in [-0.2, 0) is 5.41 Å². The average molecular weight is 316 g/mol. The van der Waals surface area contributed by atoms with Gasteiger partial charge in [0.2, 0.25) is 0 Å². The Bertz CT molecular complexity index is 484. The van der Waals surface area contributed by atoms with E-state index < -0.39 is 0 Å². The predicted molar refractivity (Wildman–Crippen MR) is 102 cm³/mol. The Labute approximate surface area is 144 Å². The number of benzene rings is 1. The Hall–Kier alpha value is -0.820. The van der Waals surface area contributed by atoms with Gasteiger partial charge in [0.25, 0.3) is 0 Å². The van der Waals surface area contributed by atoms with Crippen LogP contribution < -0.4 is 0 Å². The molecular formula is C22H37N. The summed E-state index contributed by atoms with van der Waals surface area (Å²) in [6.45, 7) is 19.4. The van der Waals surface area contributed by atoms with Crippen molar-refractivity contribution in [3.8, 4) is 0 Å². The first-order valence-corrected chi connectivity index (χ1v) is 9.33. The standard InChI is InChI=1S/C22H37N/c1-20(2,3)18-13-15-23(16-14-18)22(6,7)17-21(4,5)19-11-9-8-10-12-19/h8-12,18H,13-17H2,1-7H3. The lowest BCUT2D eigenvalue weighted by Crippen LogP contribution is -2.51. The highest BCUT2D eigenvalue weighted by atomic mass is 15.2. The molecule has 1 aromatic carbocycles. The zero-order chi connectivity index (χ0) is 17.3. The molecule has 1 aliphatic rings. The Kier molecular flexibility index (Phi) is 5.31. The van der Waals surface area contributed by atoms with Crippen LogP contribution in [0, 0.1) is 11.3 Å². The summed E-state index contributed by atoms with van der Waals surface area (Å²) in [6, 6.07) is 11.0. The first kappa shape index (κ1) is 18.5. The summed E-state index contributed by atoms with van der Waals surface area (Å²) in [5, 5.41) is 0. The highest BCUT2D eigenvalue weighted by molar-refractivity contribution is 5.24. The number of rotatable bonds is 4. The Morgan fingerprint density at radius 2 is 1.39 bits per heavy atom. The summed E-state index contributed by atoms with van der Waals surface area (Å²) in [4.78, 5) is 2.74. The van der Waals surface area contributed by atoms with Gasteiger partial charge in [-0.25, -0.2) is 0 Å². The fraction of sp³-hybridized carbons (Fsp3) is 0.727. The summed E-state index contributed by atoms with van der Waals surface area (Å²) in [6.07, 6.45) is 3.89. The molecule has 1 aliphatic heterocycles. The molecule has 0 atom stereocenters. The van der Waals surface area contributed by atoms with Gasteiger partial charge in [0.1, 0.15) is 0 Å². The third-order valence-corrected chi connectivity index (χ3v) is 6.01. The smallest absolute Gasteiger partial charge is 0.0161 e. The third-order valence-electron chi connectivity index (χ3n) is 6.01. The minimum Gasteiger partial charge on any atom is -0.298 e. The van der Waals surface area contributed by atoms with Crippen molar-refractivity contribution in [2.24, 2.45) is 11.3 Å². The first-order chi connectivity index (χ1) is 10.5. The SMILES string of the molecule is CC(C)(CC(C)(C)N1CCC(C(C)(C)C)CC1)c1ccccc1. The molecule has 0 unspecified atom stereocenters. The van der Waals surface area contributed by atoms with Crippen LogP contribution in [-0.4, -0.2) is 23.5 Å². The minimum atomic E-state index is 0.214. The van der Waals surface area contributed by atoms with Crippen molar-refractivity contribution in [1.82, 2.24) is 4.90 Å². The fourth-order valence-corrected chi connectivity index (χ4v) is 4.54. The van der Waals surface area contributed by atoms with E-state index in [-0.39, 0.29) is 11.0 Å². The van der Waals surface area contributed by atoms with E-state index in [0.29, 0.717) is 5.41 Å². The summed E-state index contributed by atoms with van der Waals surface area (Å²) in [5.41, 5.74) is 2.38. The van der Waals surface area contributed by atoms with Gasteiger partial charge in [-0.1, -0.05) is 65.0 Å². The van der Waals surface area contributed by atoms with Crippen molar-refractivity contribution in [2.75, 3.05) is 13.1 Å². The molecule has 0 spiro atoms. The molecule has 0 N–H and O–H groups in total. The molecule has 0 saturated carbocycles. The molecule has 130 valence electrons. The predicted octanol–water partition coefficient (Wildman–Crippen LogP) is 5.89. The molecule has 1 saturated heterocycles. The average Bonchev–Trinajstić information content (AvgIpc) is 2.46. The van der Waals surface area contributed by atoms with Gasteiger partial charge in [-0.2, -0.15) is 0 Å². The second kappa shape index (κ2) is 6.59. The van der Waals surface area contributed by atoms with Crippen molar-refractivity contribution >= 4 is 0 Å². The van der Waals surface area contributed by atoms with Gasteiger partial charge < -0.3 is 0 Å². The Balaban J connectivity index is 2.02. The molecular weight excluding hydrogens is 278 g/mol. The molecule has 2 rings (SSSR count). The number of nitrogens with zero attached hydrogens (tertiary/aromatic N) is 1. The summed E-state index contributed by atoms with van der Waals surface area (Å²) >= 11 is 0. The van der Waals surface area contributed by atoms with Crippen LogP contribution in [0.2, 0.25) is 0 Å². The maximum absolute atomic E-state index is 2.74. The van der Waals surface area contributed by atoms with Gasteiger partial charge in [-0.05, 0) is 68.5 Å². The van der Waals surface area contributed by atoms with E-state index >= 15 is 0 Å². The molecule has 0 aromatic heterocycles. The van der Waals surface area contributed by atoms with Crippen LogP contribution >= 0.6 is 0 Å². The van der Waals surface area contributed by atoms with E-state index in [1.807, 2.05) is 0 Å². The van der Waals surface area contributed by atoms with Crippen LogP contribution in [0.25, 0.3) is 0 Å². The summed E-state index contributed by atoms with van der Waals surface area (Å²) in [7, 11) is 0. The number of likely N-dealkylation sites (tertiary alicyclic amines) is 1. The summed E-state index contributed by atoms with van der Waals surface area (Å²) in [5.74, 6) is 0.872. The zero-order valence-corrected chi connectivity index (χ0v) is 16.4. The molecule has 0 bridgehead atoms. The van der Waals surface area contributed by atoms with Crippen molar-refractivity contribution in [2.45, 2.75) is 78.7 Å². The molecule has 1 aromatic rings. The molecule has 1 fully saturated rings. The van der Waals surface area contributed by atoms with Crippen LogP contribution in [0.3, 0.4) is 0 Å². The quantitative estimate of drug-likeness (QED) is 0.669. The molecule has 0 radical (unpaired) electrons. The topological polar surface area (TPSA) is 3.24 Å². The van der Waals surface area contributed by atoms with Crippen LogP contribution in [0.15, 0.2) is 30.3 Å². The lowest BCUT2D eigenvalue weighted by molar-refractivity contribution is 0.0296. The lowest BCUT2D eigenvalue weighted by Gasteiger charge is -2.48. The number of hydrogen-bond acceptors (Lipinski definition) is 1. The van der Waals surface area contributed by atoms with E-state index in [4.69, 9.17) is 0 Å². The van der Waals surface area contributed by atoms with Gasteiger partial charge in [0.15, 0.2) is 0 Å². The van der Waals surface area contributed by atoms with Crippen molar-refractivity contribution in [3.05, 3.63) is 35.9 Å². The first-order valence-electron chi connectivity index (χ1n) is 9.33. The Morgan fingerprint density at radius 1 is 0.870 bits per heavy atom. The monoisotopic (exact) mass is 315 g/mol. The second-order valence-corrected chi connectivity index (χ2v) is 9.87. The van der Waals surface area contributed by atoms with Gasteiger partial charge in [-0.15, -0.1) is 0 Å². The molecule has 1 heteroatoms. The lowest BCUT2D eigenvalue weighted by atomic mass is 9.72. The van der Waals surface area contributed by atoms with E-state index in [1.54, 1.807) is 0 Å². The highest BCUT2D eigenvalue weighted by Gasteiger charge is 2.38. The zero-order valence-electron chi connectivity index (χ0n) is 16.4. The largest absolute Gasteiger partial charge is 0.298 e.